The smallest absolute Gasteiger partial charge is 0.187 e. The van der Waals surface area contributed by atoms with Gasteiger partial charge in [-0.05, 0) is 58.2 Å². The van der Waals surface area contributed by atoms with Crippen molar-refractivity contribution in [1.29, 1.82) is 0 Å². The molecule has 110 valence electrons. The number of aromatic amines is 1. The molecular formula is C16H25N3O. The molecule has 0 bridgehead atoms. The van der Waals surface area contributed by atoms with Gasteiger partial charge in [0.25, 0.3) is 0 Å². The van der Waals surface area contributed by atoms with Crippen LogP contribution in [-0.2, 0) is 6.54 Å². The number of rotatable bonds is 2. The Hall–Kier alpha value is -1.13. The van der Waals surface area contributed by atoms with Crippen LogP contribution in [0.15, 0.2) is 11.0 Å². The van der Waals surface area contributed by atoms with Crippen molar-refractivity contribution in [3.8, 4) is 0 Å². The van der Waals surface area contributed by atoms with E-state index in [1.807, 2.05) is 20.0 Å². The van der Waals surface area contributed by atoms with E-state index in [1.165, 1.54) is 25.8 Å². The number of nitrogens with one attached hydrogen (secondary N) is 2. The molecule has 4 heteroatoms. The number of likely N-dealkylation sites (tertiary alicyclic amines) is 1. The van der Waals surface area contributed by atoms with E-state index < -0.39 is 0 Å². The Labute approximate surface area is 120 Å². The third-order valence-electron chi connectivity index (χ3n) is 5.18. The molecule has 3 rings (SSSR count). The lowest BCUT2D eigenvalue weighted by molar-refractivity contribution is 0.193. The Morgan fingerprint density at radius 3 is 2.75 bits per heavy atom. The van der Waals surface area contributed by atoms with Gasteiger partial charge in [0.05, 0.1) is 0 Å². The molecule has 0 amide bonds. The fourth-order valence-electron chi connectivity index (χ4n) is 3.72. The van der Waals surface area contributed by atoms with Crippen LogP contribution in [0, 0.1) is 19.3 Å². The SMILES string of the molecule is Cc1c[nH]c(CN2CCC3(CCNCC3)C2)c(C)c1=O. The summed E-state index contributed by atoms with van der Waals surface area (Å²) < 4.78 is 0. The number of pyridine rings is 1. The number of H-pyrrole nitrogens is 1. The number of nitrogens with zero attached hydrogens (tertiary/aromatic N) is 1. The molecule has 0 atom stereocenters. The number of hydrogen-bond acceptors (Lipinski definition) is 3. The van der Waals surface area contributed by atoms with Crippen LogP contribution >= 0.6 is 0 Å². The molecule has 1 aromatic rings. The summed E-state index contributed by atoms with van der Waals surface area (Å²) in [6, 6.07) is 0. The predicted molar refractivity (Wildman–Crippen MR) is 81.0 cm³/mol. The maximum Gasteiger partial charge on any atom is 0.187 e. The first kappa shape index (κ1) is 13.8. The molecule has 2 aliphatic rings. The second-order valence-corrected chi connectivity index (χ2v) is 6.62. The summed E-state index contributed by atoms with van der Waals surface area (Å²) in [6.45, 7) is 9.37. The molecule has 0 unspecified atom stereocenters. The maximum absolute atomic E-state index is 12.0. The minimum Gasteiger partial charge on any atom is -0.363 e. The second-order valence-electron chi connectivity index (χ2n) is 6.62. The van der Waals surface area contributed by atoms with Crippen molar-refractivity contribution in [2.24, 2.45) is 5.41 Å². The molecule has 2 aliphatic heterocycles. The van der Waals surface area contributed by atoms with Gasteiger partial charge < -0.3 is 10.3 Å². The van der Waals surface area contributed by atoms with Gasteiger partial charge in [0.1, 0.15) is 0 Å². The molecule has 20 heavy (non-hydrogen) atoms. The lowest BCUT2D eigenvalue weighted by Gasteiger charge is -2.34. The van der Waals surface area contributed by atoms with Gasteiger partial charge in [-0.3, -0.25) is 9.69 Å². The van der Waals surface area contributed by atoms with Gasteiger partial charge in [-0.15, -0.1) is 0 Å². The van der Waals surface area contributed by atoms with Crippen molar-refractivity contribution in [2.75, 3.05) is 26.2 Å². The quantitative estimate of drug-likeness (QED) is 0.861. The van der Waals surface area contributed by atoms with Crippen molar-refractivity contribution in [3.63, 3.8) is 0 Å². The molecule has 0 radical (unpaired) electrons. The predicted octanol–water partition coefficient (Wildman–Crippen LogP) is 1.57. The molecule has 1 spiro atoms. The number of hydrogen-bond donors (Lipinski definition) is 2. The summed E-state index contributed by atoms with van der Waals surface area (Å²) in [7, 11) is 0. The fraction of sp³-hybridized carbons (Fsp3) is 0.688. The third kappa shape index (κ3) is 2.54. The van der Waals surface area contributed by atoms with Crippen LogP contribution < -0.4 is 10.7 Å². The van der Waals surface area contributed by atoms with Crippen LogP contribution in [0.3, 0.4) is 0 Å². The molecule has 2 N–H and O–H groups in total. The Balaban J connectivity index is 1.70. The summed E-state index contributed by atoms with van der Waals surface area (Å²) in [4.78, 5) is 17.8. The Kier molecular flexibility index (Phi) is 3.69. The van der Waals surface area contributed by atoms with Crippen molar-refractivity contribution >= 4 is 0 Å². The number of aromatic nitrogens is 1. The van der Waals surface area contributed by atoms with E-state index in [0.717, 1.165) is 43.0 Å². The molecule has 0 aromatic carbocycles. The Morgan fingerprint density at radius 2 is 2.00 bits per heavy atom. The van der Waals surface area contributed by atoms with Crippen molar-refractivity contribution in [3.05, 3.63) is 33.2 Å². The average molecular weight is 275 g/mol. The van der Waals surface area contributed by atoms with Crippen LogP contribution in [0.1, 0.15) is 36.1 Å². The van der Waals surface area contributed by atoms with Gasteiger partial charge in [0, 0.05) is 36.1 Å². The van der Waals surface area contributed by atoms with Crippen molar-refractivity contribution in [2.45, 2.75) is 39.7 Å². The minimum atomic E-state index is 0.189. The summed E-state index contributed by atoms with van der Waals surface area (Å²) in [5, 5.41) is 3.46. The summed E-state index contributed by atoms with van der Waals surface area (Å²) in [6.07, 6.45) is 5.75. The van der Waals surface area contributed by atoms with E-state index in [4.69, 9.17) is 0 Å². The molecule has 3 heterocycles. The van der Waals surface area contributed by atoms with Gasteiger partial charge in [0.2, 0.25) is 0 Å². The Morgan fingerprint density at radius 1 is 1.25 bits per heavy atom. The second kappa shape index (κ2) is 5.34. The summed E-state index contributed by atoms with van der Waals surface area (Å²) in [5.74, 6) is 0. The van der Waals surface area contributed by atoms with E-state index in [9.17, 15) is 4.79 Å². The van der Waals surface area contributed by atoms with E-state index in [2.05, 4.69) is 15.2 Å². The zero-order chi connectivity index (χ0) is 14.2. The number of aryl methyl sites for hydroxylation is 1. The first-order valence-corrected chi connectivity index (χ1v) is 7.71. The number of piperidine rings is 1. The first-order chi connectivity index (χ1) is 9.60. The molecule has 2 fully saturated rings. The van der Waals surface area contributed by atoms with Crippen molar-refractivity contribution in [1.82, 2.24) is 15.2 Å². The van der Waals surface area contributed by atoms with Crippen LogP contribution in [0.4, 0.5) is 0 Å². The molecule has 2 saturated heterocycles. The lowest BCUT2D eigenvalue weighted by Crippen LogP contribution is -2.38. The van der Waals surface area contributed by atoms with Gasteiger partial charge in [-0.25, -0.2) is 0 Å². The standard InChI is InChI=1S/C16H25N3O/c1-12-9-18-14(13(2)15(12)20)10-19-8-5-16(11-19)3-6-17-7-4-16/h9,17H,3-8,10-11H2,1-2H3,(H,18,20). The van der Waals surface area contributed by atoms with Gasteiger partial charge >= 0.3 is 0 Å². The van der Waals surface area contributed by atoms with Gasteiger partial charge in [-0.1, -0.05) is 0 Å². The van der Waals surface area contributed by atoms with Gasteiger partial charge in [0.15, 0.2) is 5.43 Å². The van der Waals surface area contributed by atoms with Crippen LogP contribution in [0.5, 0.6) is 0 Å². The third-order valence-corrected chi connectivity index (χ3v) is 5.18. The minimum absolute atomic E-state index is 0.189. The highest BCUT2D eigenvalue weighted by Crippen LogP contribution is 2.38. The lowest BCUT2D eigenvalue weighted by atomic mass is 9.78. The molecule has 0 saturated carbocycles. The van der Waals surface area contributed by atoms with E-state index >= 15 is 0 Å². The largest absolute Gasteiger partial charge is 0.363 e. The van der Waals surface area contributed by atoms with E-state index in [0.29, 0.717) is 5.41 Å². The highest BCUT2D eigenvalue weighted by atomic mass is 16.1. The molecule has 0 aliphatic carbocycles. The average Bonchev–Trinajstić information content (AvgIpc) is 2.83. The van der Waals surface area contributed by atoms with Crippen molar-refractivity contribution < 1.29 is 0 Å². The highest BCUT2D eigenvalue weighted by molar-refractivity contribution is 5.23. The normalized spacial score (nSPS) is 22.5. The maximum atomic E-state index is 12.0. The zero-order valence-corrected chi connectivity index (χ0v) is 12.6. The van der Waals surface area contributed by atoms with Crippen LogP contribution in [0.25, 0.3) is 0 Å². The topological polar surface area (TPSA) is 48.1 Å². The van der Waals surface area contributed by atoms with E-state index in [1.54, 1.807) is 0 Å². The van der Waals surface area contributed by atoms with Crippen LogP contribution in [-0.4, -0.2) is 36.1 Å². The first-order valence-electron chi connectivity index (χ1n) is 7.71. The molecule has 1 aromatic heterocycles. The molecule has 4 nitrogen and oxygen atoms in total. The fourth-order valence-corrected chi connectivity index (χ4v) is 3.72. The summed E-state index contributed by atoms with van der Waals surface area (Å²) in [5.41, 5.74) is 3.50. The Bertz CT molecular complexity index is 543. The highest BCUT2D eigenvalue weighted by Gasteiger charge is 2.38. The van der Waals surface area contributed by atoms with Gasteiger partial charge in [-0.2, -0.15) is 0 Å². The monoisotopic (exact) mass is 275 g/mol. The van der Waals surface area contributed by atoms with E-state index in [-0.39, 0.29) is 5.43 Å². The van der Waals surface area contributed by atoms with Crippen LogP contribution in [0.2, 0.25) is 0 Å². The zero-order valence-electron chi connectivity index (χ0n) is 12.6. The molecular weight excluding hydrogens is 250 g/mol. The summed E-state index contributed by atoms with van der Waals surface area (Å²) >= 11 is 0.